The van der Waals surface area contributed by atoms with Gasteiger partial charge in [0, 0.05) is 18.3 Å². The fraction of sp³-hybridized carbons (Fsp3) is 0.458. The summed E-state index contributed by atoms with van der Waals surface area (Å²) in [6, 6.07) is 11.8. The quantitative estimate of drug-likeness (QED) is 0.708. The summed E-state index contributed by atoms with van der Waals surface area (Å²) >= 11 is 0. The first-order valence-corrected chi connectivity index (χ1v) is 10.5. The summed E-state index contributed by atoms with van der Waals surface area (Å²) in [4.78, 5) is 33.1. The summed E-state index contributed by atoms with van der Waals surface area (Å²) in [6.45, 7) is 6.12. The minimum atomic E-state index is -0.586. The Morgan fingerprint density at radius 3 is 2.62 bits per heavy atom. The molecule has 2 fully saturated rings. The van der Waals surface area contributed by atoms with Gasteiger partial charge < -0.3 is 9.64 Å². The number of benzene rings is 1. The third-order valence-electron chi connectivity index (χ3n) is 6.73. The fourth-order valence-corrected chi connectivity index (χ4v) is 5.33. The highest BCUT2D eigenvalue weighted by Gasteiger charge is 2.61. The number of hydrogen-bond acceptors (Lipinski definition) is 4. The van der Waals surface area contributed by atoms with Crippen LogP contribution in [0.4, 0.5) is 0 Å². The number of aromatic nitrogens is 1. The molecule has 2 aliphatic heterocycles. The fourth-order valence-electron chi connectivity index (χ4n) is 5.33. The monoisotopic (exact) mass is 392 g/mol. The van der Waals surface area contributed by atoms with Crippen molar-refractivity contribution in [3.8, 4) is 11.1 Å². The van der Waals surface area contributed by atoms with E-state index in [1.54, 1.807) is 6.20 Å². The van der Waals surface area contributed by atoms with E-state index in [1.807, 2.05) is 62.1 Å². The van der Waals surface area contributed by atoms with Gasteiger partial charge in [-0.15, -0.1) is 0 Å². The van der Waals surface area contributed by atoms with Gasteiger partial charge in [-0.1, -0.05) is 37.3 Å². The predicted molar refractivity (Wildman–Crippen MR) is 111 cm³/mol. The van der Waals surface area contributed by atoms with Gasteiger partial charge in [-0.3, -0.25) is 14.6 Å². The molecule has 1 aromatic carbocycles. The topological polar surface area (TPSA) is 59.5 Å². The lowest BCUT2D eigenvalue weighted by atomic mass is 9.72. The van der Waals surface area contributed by atoms with Crippen molar-refractivity contribution in [1.29, 1.82) is 0 Å². The molecule has 0 radical (unpaired) electrons. The first kappa shape index (κ1) is 19.6. The Kier molecular flexibility index (Phi) is 5.15. The van der Waals surface area contributed by atoms with Crippen LogP contribution in [0.5, 0.6) is 0 Å². The number of pyridine rings is 1. The summed E-state index contributed by atoms with van der Waals surface area (Å²) in [5.74, 6) is -0.166. The molecule has 29 heavy (non-hydrogen) atoms. The largest absolute Gasteiger partial charge is 0.466 e. The van der Waals surface area contributed by atoms with Crippen LogP contribution < -0.4 is 0 Å². The Bertz CT molecular complexity index is 927. The van der Waals surface area contributed by atoms with Gasteiger partial charge in [0.1, 0.15) is 0 Å². The van der Waals surface area contributed by atoms with Crippen molar-refractivity contribution in [1.82, 2.24) is 9.88 Å². The number of amides is 1. The molecule has 0 spiro atoms. The molecule has 152 valence electrons. The maximum atomic E-state index is 13.8. The van der Waals surface area contributed by atoms with Gasteiger partial charge in [0.2, 0.25) is 0 Å². The average Bonchev–Trinajstić information content (AvgIpc) is 3.30. The highest BCUT2D eigenvalue weighted by molar-refractivity contribution is 6.03. The molecular formula is C24H28N2O3. The highest BCUT2D eigenvalue weighted by Crippen LogP contribution is 2.53. The number of carbonyl (C=O) groups is 2. The van der Waals surface area contributed by atoms with E-state index in [-0.39, 0.29) is 24.0 Å². The number of rotatable bonds is 5. The number of aryl methyl sites for hydroxylation is 1. The van der Waals surface area contributed by atoms with Crippen LogP contribution in [-0.4, -0.2) is 40.5 Å². The second kappa shape index (κ2) is 7.62. The maximum absolute atomic E-state index is 13.8. The van der Waals surface area contributed by atoms with E-state index in [0.29, 0.717) is 25.0 Å². The molecule has 0 aliphatic carbocycles. The summed E-state index contributed by atoms with van der Waals surface area (Å²) in [5.41, 5.74) is 2.68. The van der Waals surface area contributed by atoms with Crippen molar-refractivity contribution in [3.05, 3.63) is 53.9 Å². The zero-order chi connectivity index (χ0) is 20.6. The van der Waals surface area contributed by atoms with E-state index in [4.69, 9.17) is 4.74 Å². The van der Waals surface area contributed by atoms with Crippen LogP contribution in [0.25, 0.3) is 11.1 Å². The zero-order valence-electron chi connectivity index (χ0n) is 17.4. The van der Waals surface area contributed by atoms with Crippen molar-refractivity contribution in [2.24, 2.45) is 5.41 Å². The van der Waals surface area contributed by atoms with Crippen LogP contribution in [0, 0.1) is 12.3 Å². The molecule has 1 aromatic heterocycles. The third-order valence-corrected chi connectivity index (χ3v) is 6.73. The molecule has 3 atom stereocenters. The van der Waals surface area contributed by atoms with Crippen LogP contribution in [0.15, 0.2) is 42.6 Å². The van der Waals surface area contributed by atoms with Gasteiger partial charge in [0.05, 0.1) is 23.3 Å². The van der Waals surface area contributed by atoms with Gasteiger partial charge in [-0.2, -0.15) is 0 Å². The smallest absolute Gasteiger partial charge is 0.314 e. The number of nitrogens with zero attached hydrogens (tertiary/aromatic N) is 2. The molecule has 2 aliphatic rings. The molecule has 5 nitrogen and oxygen atoms in total. The van der Waals surface area contributed by atoms with Crippen LogP contribution in [0.1, 0.15) is 55.6 Å². The van der Waals surface area contributed by atoms with Gasteiger partial charge in [-0.25, -0.2) is 0 Å². The Morgan fingerprint density at radius 1 is 1.17 bits per heavy atom. The average molecular weight is 392 g/mol. The van der Waals surface area contributed by atoms with Crippen molar-refractivity contribution < 1.29 is 14.3 Å². The molecule has 2 bridgehead atoms. The van der Waals surface area contributed by atoms with Crippen molar-refractivity contribution in [2.45, 2.75) is 58.5 Å². The first-order valence-electron chi connectivity index (χ1n) is 10.5. The van der Waals surface area contributed by atoms with Gasteiger partial charge in [0.15, 0.2) is 0 Å². The molecule has 3 heterocycles. The second-order valence-corrected chi connectivity index (χ2v) is 8.08. The van der Waals surface area contributed by atoms with Gasteiger partial charge in [0.25, 0.3) is 5.91 Å². The van der Waals surface area contributed by atoms with E-state index >= 15 is 0 Å². The van der Waals surface area contributed by atoms with Gasteiger partial charge in [-0.05, 0) is 56.7 Å². The van der Waals surface area contributed by atoms with Crippen molar-refractivity contribution in [3.63, 3.8) is 0 Å². The SMILES string of the molecule is CCOC(=O)[C@@]1(CC)C[C@H]2CC[C@@H]1N2C(=O)c1c(-c2ccccc2)ccnc1C. The zero-order valence-corrected chi connectivity index (χ0v) is 17.4. The predicted octanol–water partition coefficient (Wildman–Crippen LogP) is 4.39. The van der Waals surface area contributed by atoms with Crippen LogP contribution in [-0.2, 0) is 9.53 Å². The minimum Gasteiger partial charge on any atom is -0.466 e. The molecule has 0 unspecified atom stereocenters. The van der Waals surface area contributed by atoms with E-state index in [1.165, 1.54) is 0 Å². The summed E-state index contributed by atoms with van der Waals surface area (Å²) in [6.07, 6.45) is 4.93. The molecule has 2 aromatic rings. The van der Waals surface area contributed by atoms with E-state index in [0.717, 1.165) is 29.7 Å². The standard InChI is InChI=1S/C24H28N2O3/c1-4-24(23(28)29-5-2)15-18-11-12-20(24)26(18)22(27)21-16(3)25-14-13-19(21)17-9-7-6-8-10-17/h6-10,13-14,18,20H,4-5,11-12,15H2,1-3H3/t18-,20+,24+/m1/s1. The summed E-state index contributed by atoms with van der Waals surface area (Å²) in [7, 11) is 0. The molecule has 0 saturated carbocycles. The second-order valence-electron chi connectivity index (χ2n) is 8.08. The maximum Gasteiger partial charge on any atom is 0.314 e. The lowest BCUT2D eigenvalue weighted by Gasteiger charge is -2.34. The Labute approximate surface area is 172 Å². The summed E-state index contributed by atoms with van der Waals surface area (Å²) < 4.78 is 5.43. The van der Waals surface area contributed by atoms with E-state index in [9.17, 15) is 9.59 Å². The van der Waals surface area contributed by atoms with E-state index in [2.05, 4.69) is 4.98 Å². The van der Waals surface area contributed by atoms with Crippen LogP contribution in [0.2, 0.25) is 0 Å². The molecule has 0 N–H and O–H groups in total. The number of carbonyl (C=O) groups excluding carboxylic acids is 2. The number of ether oxygens (including phenoxy) is 1. The summed E-state index contributed by atoms with van der Waals surface area (Å²) in [5, 5.41) is 0. The number of hydrogen-bond donors (Lipinski definition) is 0. The Morgan fingerprint density at radius 2 is 1.93 bits per heavy atom. The molecule has 5 heteroatoms. The lowest BCUT2D eigenvalue weighted by Crippen LogP contribution is -2.45. The Hall–Kier alpha value is -2.69. The highest BCUT2D eigenvalue weighted by atomic mass is 16.5. The number of fused-ring (bicyclic) bond motifs is 2. The lowest BCUT2D eigenvalue weighted by molar-refractivity contribution is -0.157. The molecule has 2 saturated heterocycles. The Balaban J connectivity index is 1.75. The molecule has 4 rings (SSSR count). The normalized spacial score (nSPS) is 25.3. The van der Waals surface area contributed by atoms with E-state index < -0.39 is 5.41 Å². The van der Waals surface area contributed by atoms with Crippen LogP contribution >= 0.6 is 0 Å². The molecular weight excluding hydrogens is 364 g/mol. The minimum absolute atomic E-state index is 0.0124. The van der Waals surface area contributed by atoms with Crippen molar-refractivity contribution in [2.75, 3.05) is 6.61 Å². The van der Waals surface area contributed by atoms with Gasteiger partial charge >= 0.3 is 5.97 Å². The number of esters is 1. The third kappa shape index (κ3) is 3.04. The van der Waals surface area contributed by atoms with Crippen LogP contribution in [0.3, 0.4) is 0 Å². The first-order chi connectivity index (χ1) is 14.0. The van der Waals surface area contributed by atoms with Crippen molar-refractivity contribution >= 4 is 11.9 Å². The molecule has 1 amide bonds.